The maximum absolute atomic E-state index is 13.9. The van der Waals surface area contributed by atoms with Crippen LogP contribution in [-0.2, 0) is 26.5 Å². The number of amides is 2. The lowest BCUT2D eigenvalue weighted by Crippen LogP contribution is -2.52. The summed E-state index contributed by atoms with van der Waals surface area (Å²) in [7, 11) is -1.78. The van der Waals surface area contributed by atoms with Gasteiger partial charge in [-0.3, -0.25) is 33.4 Å². The average molecular weight is 870 g/mol. The van der Waals surface area contributed by atoms with Gasteiger partial charge in [0.05, 0.1) is 21.2 Å². The molecule has 1 unspecified atom stereocenters. The number of nitrogens with zero attached hydrogens (tertiary/aromatic N) is 7. The molecule has 9 rings (SSSR count). The van der Waals surface area contributed by atoms with E-state index in [9.17, 15) is 27.6 Å². The van der Waals surface area contributed by atoms with E-state index >= 15 is 0 Å². The van der Waals surface area contributed by atoms with E-state index < -0.39 is 21.8 Å². The van der Waals surface area contributed by atoms with Crippen LogP contribution in [-0.4, -0.2) is 86.8 Å². The third-order valence-corrected chi connectivity index (χ3v) is 16.2. The van der Waals surface area contributed by atoms with Gasteiger partial charge in [0.25, 0.3) is 5.56 Å². The van der Waals surface area contributed by atoms with Gasteiger partial charge in [-0.25, -0.2) is 18.2 Å². The zero-order chi connectivity index (χ0) is 43.0. The molecular weight excluding hydrogens is 818 g/mol. The molecule has 4 fully saturated rings. The van der Waals surface area contributed by atoms with Gasteiger partial charge in [-0.1, -0.05) is 11.6 Å². The van der Waals surface area contributed by atoms with Crippen molar-refractivity contribution in [1.82, 2.24) is 33.9 Å². The van der Waals surface area contributed by atoms with Crippen LogP contribution in [0.15, 0.2) is 63.1 Å². The number of benzene rings is 2. The Balaban J connectivity index is 0.768. The molecule has 5 aromatic rings. The van der Waals surface area contributed by atoms with Crippen molar-refractivity contribution in [1.29, 1.82) is 0 Å². The van der Waals surface area contributed by atoms with Crippen LogP contribution in [0, 0.1) is 18.3 Å². The van der Waals surface area contributed by atoms with E-state index in [4.69, 9.17) is 11.6 Å². The van der Waals surface area contributed by atoms with Gasteiger partial charge in [-0.15, -0.1) is 0 Å². The summed E-state index contributed by atoms with van der Waals surface area (Å²) in [5.74, 6) is 0.138. The predicted octanol–water partition coefficient (Wildman–Crippen LogP) is 5.64. The highest BCUT2D eigenvalue weighted by Gasteiger charge is 2.51. The third kappa shape index (κ3) is 7.54. The number of likely N-dealkylation sites (tertiary alicyclic amines) is 1. The first kappa shape index (κ1) is 41.3. The molecule has 1 saturated carbocycles. The molecule has 0 radical (unpaired) electrons. The number of imide groups is 1. The minimum absolute atomic E-state index is 0.0818. The van der Waals surface area contributed by atoms with Gasteiger partial charge in [0, 0.05) is 62.1 Å². The number of aryl methyl sites for hydroxylation is 2. The molecule has 3 aliphatic heterocycles. The fourth-order valence-corrected chi connectivity index (χ4v) is 12.5. The standard InChI is InChI=1S/C44H52ClN9O6S/c1-26(2)53-39-29(20-33(45)41(53)57)24-46-42(49-39)47-34-7-6-31(19-27(34)3)61(59,60)32-22-44(23-32)13-17-51(18-14-44)25-28-11-15-52(16-12-28)30-5-8-35-37(21-30)50(4)43(58)54(35)36-9-10-38(55)48-40(36)56/h5-8,19-21,24,26,28,32,36H,9-18,22-23,25H2,1-4H3,(H,46,47,49)(H,48,55,56). The topological polar surface area (TPSA) is 174 Å². The molecular formula is C44H52ClN9O6S. The lowest BCUT2D eigenvalue weighted by Gasteiger charge is -2.52. The molecule has 15 nitrogen and oxygen atoms in total. The summed E-state index contributed by atoms with van der Waals surface area (Å²) in [6, 6.07) is 11.8. The summed E-state index contributed by atoms with van der Waals surface area (Å²) in [5.41, 5.74) is 3.93. The minimum atomic E-state index is -3.50. The highest BCUT2D eigenvalue weighted by molar-refractivity contribution is 7.92. The van der Waals surface area contributed by atoms with Crippen LogP contribution in [0.5, 0.6) is 0 Å². The Morgan fingerprint density at radius 3 is 2.38 bits per heavy atom. The number of halogens is 1. The number of pyridine rings is 1. The summed E-state index contributed by atoms with van der Waals surface area (Å²) < 4.78 is 32.4. The molecule has 17 heteroatoms. The first-order chi connectivity index (χ1) is 29.1. The van der Waals surface area contributed by atoms with Gasteiger partial charge in [-0.2, -0.15) is 4.98 Å². The number of carbonyl (C=O) groups is 2. The quantitative estimate of drug-likeness (QED) is 0.176. The average Bonchev–Trinajstić information content (AvgIpc) is 3.46. The highest BCUT2D eigenvalue weighted by atomic mass is 35.5. The molecule has 2 amide bonds. The SMILES string of the molecule is Cc1cc(S(=O)(=O)C2CC3(CCN(CC4CCN(c5ccc6c(c5)n(C)c(=O)n6C5CCC(=O)NC5=O)CC4)CC3)C2)ccc1Nc1ncc2cc(Cl)c(=O)n(C(C)C)c2n1. The molecule has 6 heterocycles. The van der Waals surface area contributed by atoms with Gasteiger partial charge in [0.2, 0.25) is 17.8 Å². The van der Waals surface area contributed by atoms with Gasteiger partial charge >= 0.3 is 5.69 Å². The molecule has 2 N–H and O–H groups in total. The van der Waals surface area contributed by atoms with Gasteiger partial charge in [0.15, 0.2) is 9.84 Å². The van der Waals surface area contributed by atoms with Crippen molar-refractivity contribution in [3.05, 3.63) is 80.1 Å². The Bertz CT molecular complexity index is 2810. The van der Waals surface area contributed by atoms with Crippen LogP contribution >= 0.6 is 11.6 Å². The third-order valence-electron chi connectivity index (χ3n) is 13.8. The first-order valence-electron chi connectivity index (χ1n) is 21.3. The Hall–Kier alpha value is -5.06. The van der Waals surface area contributed by atoms with Crippen molar-refractivity contribution >= 4 is 72.6 Å². The number of imidazole rings is 1. The predicted molar refractivity (Wildman–Crippen MR) is 236 cm³/mol. The van der Waals surface area contributed by atoms with Crippen molar-refractivity contribution in [2.45, 2.75) is 94.4 Å². The Morgan fingerprint density at radius 1 is 0.951 bits per heavy atom. The summed E-state index contributed by atoms with van der Waals surface area (Å²) >= 11 is 6.18. The molecule has 4 aliphatic rings. The van der Waals surface area contributed by atoms with Gasteiger partial charge < -0.3 is 15.1 Å². The summed E-state index contributed by atoms with van der Waals surface area (Å²) in [6.45, 7) is 10.5. The molecule has 1 spiro atoms. The summed E-state index contributed by atoms with van der Waals surface area (Å²) in [5, 5.41) is 5.95. The van der Waals surface area contributed by atoms with Crippen molar-refractivity contribution in [2.75, 3.05) is 42.9 Å². The van der Waals surface area contributed by atoms with Crippen LogP contribution in [0.3, 0.4) is 0 Å². The molecule has 322 valence electrons. The largest absolute Gasteiger partial charge is 0.371 e. The van der Waals surface area contributed by atoms with Crippen molar-refractivity contribution in [2.24, 2.45) is 18.4 Å². The lowest BCUT2D eigenvalue weighted by atomic mass is 9.63. The van der Waals surface area contributed by atoms with E-state index in [1.54, 1.807) is 46.6 Å². The first-order valence-corrected chi connectivity index (χ1v) is 23.2. The molecule has 61 heavy (non-hydrogen) atoms. The summed E-state index contributed by atoms with van der Waals surface area (Å²) in [6.07, 6.45) is 7.68. The molecule has 1 atom stereocenters. The second-order valence-electron chi connectivity index (χ2n) is 18.0. The Kier molecular flexibility index (Phi) is 10.6. The number of aromatic nitrogens is 5. The number of rotatable bonds is 9. The van der Waals surface area contributed by atoms with E-state index in [2.05, 4.69) is 30.4 Å². The number of carbonyl (C=O) groups excluding carboxylic acids is 2. The van der Waals surface area contributed by atoms with Crippen molar-refractivity contribution in [3.8, 4) is 0 Å². The van der Waals surface area contributed by atoms with Crippen LogP contribution in [0.4, 0.5) is 17.3 Å². The number of anilines is 3. The van der Waals surface area contributed by atoms with Gasteiger partial charge in [0.1, 0.15) is 16.7 Å². The fourth-order valence-electron chi connectivity index (χ4n) is 10.2. The number of hydrogen-bond acceptors (Lipinski definition) is 11. The van der Waals surface area contributed by atoms with Crippen LogP contribution in [0.2, 0.25) is 5.02 Å². The zero-order valence-electron chi connectivity index (χ0n) is 35.0. The van der Waals surface area contributed by atoms with E-state index in [0.717, 1.165) is 75.2 Å². The zero-order valence-corrected chi connectivity index (χ0v) is 36.6. The minimum Gasteiger partial charge on any atom is -0.371 e. The van der Waals surface area contributed by atoms with Crippen LogP contribution in [0.25, 0.3) is 22.1 Å². The van der Waals surface area contributed by atoms with E-state index in [0.29, 0.717) is 58.3 Å². The number of piperidine rings is 3. The molecule has 2 aromatic carbocycles. The number of sulfone groups is 1. The van der Waals surface area contributed by atoms with E-state index in [-0.39, 0.29) is 45.3 Å². The van der Waals surface area contributed by atoms with E-state index in [1.807, 2.05) is 39.0 Å². The molecule has 0 bridgehead atoms. The second kappa shape index (κ2) is 15.7. The van der Waals surface area contributed by atoms with Crippen LogP contribution < -0.4 is 26.8 Å². The normalized spacial score (nSPS) is 20.5. The lowest BCUT2D eigenvalue weighted by molar-refractivity contribution is -0.135. The Labute approximate surface area is 359 Å². The number of fused-ring (bicyclic) bond motifs is 2. The molecule has 3 saturated heterocycles. The fraction of sp³-hybridized carbons (Fsp3) is 0.500. The van der Waals surface area contributed by atoms with Crippen LogP contribution in [0.1, 0.15) is 82.9 Å². The maximum Gasteiger partial charge on any atom is 0.329 e. The number of hydrogen-bond donors (Lipinski definition) is 2. The maximum atomic E-state index is 13.9. The number of nitrogens with one attached hydrogen (secondary N) is 2. The van der Waals surface area contributed by atoms with Crippen molar-refractivity contribution in [3.63, 3.8) is 0 Å². The van der Waals surface area contributed by atoms with Crippen molar-refractivity contribution < 1.29 is 18.0 Å². The summed E-state index contributed by atoms with van der Waals surface area (Å²) in [4.78, 5) is 64.6. The Morgan fingerprint density at radius 2 is 1.69 bits per heavy atom. The molecule has 3 aromatic heterocycles. The molecule has 1 aliphatic carbocycles. The van der Waals surface area contributed by atoms with Gasteiger partial charge in [-0.05, 0) is 138 Å². The monoisotopic (exact) mass is 869 g/mol. The van der Waals surface area contributed by atoms with E-state index in [1.165, 1.54) is 4.57 Å². The highest BCUT2D eigenvalue weighted by Crippen LogP contribution is 2.53. The smallest absolute Gasteiger partial charge is 0.329 e. The second-order valence-corrected chi connectivity index (χ2v) is 20.6.